The van der Waals surface area contributed by atoms with Gasteiger partial charge in [-0.3, -0.25) is 15.1 Å². The summed E-state index contributed by atoms with van der Waals surface area (Å²) < 4.78 is 11.1. The Morgan fingerprint density at radius 1 is 1.03 bits per heavy atom. The van der Waals surface area contributed by atoms with Gasteiger partial charge in [0.05, 0.1) is 17.7 Å². The number of anilines is 2. The Hall–Kier alpha value is -4.27. The van der Waals surface area contributed by atoms with Gasteiger partial charge in [-0.15, -0.1) is 0 Å². The number of para-hydroxylation sites is 1. The van der Waals surface area contributed by atoms with Crippen molar-refractivity contribution in [1.82, 2.24) is 15.0 Å². The molecule has 30 heavy (non-hydrogen) atoms. The average molecular weight is 403 g/mol. The highest BCUT2D eigenvalue weighted by Crippen LogP contribution is 2.38. The van der Waals surface area contributed by atoms with Gasteiger partial charge in [0, 0.05) is 11.6 Å². The van der Waals surface area contributed by atoms with Crippen molar-refractivity contribution in [3.63, 3.8) is 0 Å². The molecule has 4 aromatic rings. The number of nitrogens with zero attached hydrogens (tertiary/aromatic N) is 4. The summed E-state index contributed by atoms with van der Waals surface area (Å²) in [6, 6.07) is 14.5. The Morgan fingerprint density at radius 3 is 2.67 bits per heavy atom. The first-order valence-corrected chi connectivity index (χ1v) is 8.99. The maximum atomic E-state index is 11.9. The highest BCUT2D eigenvalue weighted by atomic mass is 16.6. The summed E-state index contributed by atoms with van der Waals surface area (Å²) in [5.74, 6) is 0.674. The van der Waals surface area contributed by atoms with Crippen LogP contribution in [0.5, 0.6) is 17.4 Å². The van der Waals surface area contributed by atoms with Crippen LogP contribution in [0, 0.1) is 17.0 Å². The average Bonchev–Trinajstić information content (AvgIpc) is 2.74. The van der Waals surface area contributed by atoms with Crippen molar-refractivity contribution >= 4 is 28.1 Å². The number of pyridine rings is 1. The fourth-order valence-electron chi connectivity index (χ4n) is 3.00. The number of methoxy groups -OCH3 is 1. The molecular formula is C21H17N5O4. The van der Waals surface area contributed by atoms with E-state index >= 15 is 0 Å². The van der Waals surface area contributed by atoms with E-state index in [0.29, 0.717) is 22.7 Å². The van der Waals surface area contributed by atoms with Gasteiger partial charge in [0.1, 0.15) is 17.6 Å². The molecule has 0 atom stereocenters. The van der Waals surface area contributed by atoms with Crippen LogP contribution in [-0.2, 0) is 0 Å². The van der Waals surface area contributed by atoms with Crippen LogP contribution < -0.4 is 14.8 Å². The lowest BCUT2D eigenvalue weighted by atomic mass is 10.2. The second kappa shape index (κ2) is 8.00. The van der Waals surface area contributed by atoms with Gasteiger partial charge in [0.25, 0.3) is 0 Å². The lowest BCUT2D eigenvalue weighted by molar-refractivity contribution is -0.385. The molecule has 1 N–H and O–H groups in total. The molecule has 0 bridgehead atoms. The zero-order valence-corrected chi connectivity index (χ0v) is 16.2. The smallest absolute Gasteiger partial charge is 0.373 e. The van der Waals surface area contributed by atoms with Gasteiger partial charge in [-0.2, -0.15) is 4.98 Å². The summed E-state index contributed by atoms with van der Waals surface area (Å²) in [6.07, 6.45) is 2.83. The summed E-state index contributed by atoms with van der Waals surface area (Å²) in [5.41, 5.74) is 1.67. The monoisotopic (exact) mass is 403 g/mol. The van der Waals surface area contributed by atoms with Crippen LogP contribution in [0.1, 0.15) is 5.56 Å². The second-order valence-corrected chi connectivity index (χ2v) is 6.40. The third kappa shape index (κ3) is 3.68. The number of rotatable bonds is 6. The van der Waals surface area contributed by atoms with Gasteiger partial charge < -0.3 is 14.8 Å². The van der Waals surface area contributed by atoms with Crippen molar-refractivity contribution in [3.05, 3.63) is 76.7 Å². The van der Waals surface area contributed by atoms with Crippen molar-refractivity contribution in [3.8, 4) is 17.4 Å². The van der Waals surface area contributed by atoms with E-state index in [1.54, 1.807) is 36.5 Å². The number of hydrogen-bond donors (Lipinski definition) is 1. The predicted octanol–water partition coefficient (Wildman–Crippen LogP) is 4.79. The summed E-state index contributed by atoms with van der Waals surface area (Å²) in [4.78, 5) is 23.6. The minimum atomic E-state index is -0.585. The summed E-state index contributed by atoms with van der Waals surface area (Å²) >= 11 is 0. The summed E-state index contributed by atoms with van der Waals surface area (Å²) in [6.45, 7) is 1.90. The molecule has 0 aliphatic rings. The molecule has 150 valence electrons. The predicted molar refractivity (Wildman–Crippen MR) is 112 cm³/mol. The van der Waals surface area contributed by atoms with E-state index in [4.69, 9.17) is 9.47 Å². The number of fused-ring (bicyclic) bond motifs is 1. The maximum absolute atomic E-state index is 11.9. The number of aromatic nitrogens is 3. The maximum Gasteiger partial charge on any atom is 0.373 e. The number of ether oxygens (including phenoxy) is 2. The molecule has 9 heteroatoms. The van der Waals surface area contributed by atoms with Crippen molar-refractivity contribution in [2.75, 3.05) is 12.4 Å². The molecule has 0 radical (unpaired) electrons. The van der Waals surface area contributed by atoms with E-state index in [1.165, 1.54) is 13.4 Å². The van der Waals surface area contributed by atoms with Crippen LogP contribution in [-0.4, -0.2) is 27.0 Å². The van der Waals surface area contributed by atoms with Crippen LogP contribution in [0.4, 0.5) is 17.2 Å². The molecule has 2 aromatic carbocycles. The third-order valence-electron chi connectivity index (χ3n) is 4.38. The van der Waals surface area contributed by atoms with Crippen molar-refractivity contribution < 1.29 is 14.4 Å². The molecule has 9 nitrogen and oxygen atoms in total. The van der Waals surface area contributed by atoms with E-state index in [0.717, 1.165) is 10.9 Å². The lowest BCUT2D eigenvalue weighted by Gasteiger charge is -2.13. The number of aryl methyl sites for hydroxylation is 1. The van der Waals surface area contributed by atoms with Crippen LogP contribution >= 0.6 is 0 Å². The Balaban J connectivity index is 1.77. The number of benzene rings is 2. The number of nitro groups is 1. The quantitative estimate of drug-likeness (QED) is 0.361. The molecule has 0 aliphatic heterocycles. The topological polar surface area (TPSA) is 112 Å². The van der Waals surface area contributed by atoms with E-state index in [1.807, 2.05) is 25.1 Å². The molecule has 0 saturated heterocycles. The van der Waals surface area contributed by atoms with Crippen LogP contribution in [0.15, 0.2) is 61.1 Å². The van der Waals surface area contributed by atoms with Crippen molar-refractivity contribution in [1.29, 1.82) is 0 Å². The normalized spacial score (nSPS) is 10.6. The number of nitrogens with one attached hydrogen (secondary N) is 1. The van der Waals surface area contributed by atoms with E-state index in [2.05, 4.69) is 20.3 Å². The fraction of sp³-hybridized carbons (Fsp3) is 0.0952. The van der Waals surface area contributed by atoms with Crippen LogP contribution in [0.2, 0.25) is 0 Å². The Labute approximate surface area is 171 Å². The molecule has 0 amide bonds. The first kappa shape index (κ1) is 19.1. The van der Waals surface area contributed by atoms with Gasteiger partial charge >= 0.3 is 11.6 Å². The highest BCUT2D eigenvalue weighted by Gasteiger charge is 2.26. The highest BCUT2D eigenvalue weighted by molar-refractivity contribution is 5.84. The van der Waals surface area contributed by atoms with E-state index in [9.17, 15) is 10.1 Å². The molecule has 0 aliphatic carbocycles. The first-order valence-electron chi connectivity index (χ1n) is 8.99. The molecule has 2 heterocycles. The summed E-state index contributed by atoms with van der Waals surface area (Å²) in [5, 5.41) is 15.7. The SMILES string of the molecule is COc1ccc(C)cc1Nc1ncnc(Oc2cccc3cccnc23)c1[N+](=O)[O-]. The Bertz CT molecular complexity index is 1240. The van der Waals surface area contributed by atoms with Gasteiger partial charge in [0.15, 0.2) is 5.75 Å². The number of hydrogen-bond acceptors (Lipinski definition) is 8. The molecule has 4 rings (SSSR count). The van der Waals surface area contributed by atoms with Crippen LogP contribution in [0.25, 0.3) is 10.9 Å². The van der Waals surface area contributed by atoms with Crippen molar-refractivity contribution in [2.45, 2.75) is 6.92 Å². The minimum absolute atomic E-state index is 0.0119. The minimum Gasteiger partial charge on any atom is -0.495 e. The summed E-state index contributed by atoms with van der Waals surface area (Å²) in [7, 11) is 1.52. The zero-order chi connectivity index (χ0) is 21.1. The van der Waals surface area contributed by atoms with E-state index in [-0.39, 0.29) is 11.7 Å². The van der Waals surface area contributed by atoms with Gasteiger partial charge in [-0.1, -0.05) is 24.3 Å². The largest absolute Gasteiger partial charge is 0.495 e. The molecule has 0 spiro atoms. The zero-order valence-electron chi connectivity index (χ0n) is 16.2. The third-order valence-corrected chi connectivity index (χ3v) is 4.38. The van der Waals surface area contributed by atoms with Gasteiger partial charge in [-0.05, 0) is 36.8 Å². The fourth-order valence-corrected chi connectivity index (χ4v) is 3.00. The van der Waals surface area contributed by atoms with E-state index < -0.39 is 10.6 Å². The molecular weight excluding hydrogens is 386 g/mol. The Kier molecular flexibility index (Phi) is 5.08. The lowest BCUT2D eigenvalue weighted by Crippen LogP contribution is -2.04. The first-order chi connectivity index (χ1) is 14.6. The van der Waals surface area contributed by atoms with Crippen LogP contribution in [0.3, 0.4) is 0 Å². The second-order valence-electron chi connectivity index (χ2n) is 6.40. The Morgan fingerprint density at radius 2 is 1.87 bits per heavy atom. The molecule has 0 unspecified atom stereocenters. The van der Waals surface area contributed by atoms with Gasteiger partial charge in [-0.25, -0.2) is 4.98 Å². The standard InChI is InChI=1S/C21H17N5O4/c1-13-8-9-16(29-2)15(11-13)25-20-19(26(27)28)21(24-12-23-20)30-17-7-3-5-14-6-4-10-22-18(14)17/h3-12H,1-2H3,(H,23,24,25). The van der Waals surface area contributed by atoms with Crippen molar-refractivity contribution in [2.24, 2.45) is 0 Å². The van der Waals surface area contributed by atoms with Gasteiger partial charge in [0.2, 0.25) is 5.82 Å². The molecule has 0 saturated carbocycles. The molecule has 0 fully saturated rings. The molecule has 2 aromatic heterocycles.